The first-order valence-corrected chi connectivity index (χ1v) is 11.6. The van der Waals surface area contributed by atoms with Gasteiger partial charge in [-0.2, -0.15) is 0 Å². The molecule has 0 aliphatic carbocycles. The Bertz CT molecular complexity index is 1080. The first-order valence-electron chi connectivity index (χ1n) is 9.58. The summed E-state index contributed by atoms with van der Waals surface area (Å²) in [6.45, 7) is 3.56. The maximum Gasteiger partial charge on any atom is 0.204 e. The van der Waals surface area contributed by atoms with Gasteiger partial charge in [0.15, 0.2) is 5.82 Å². The highest BCUT2D eigenvalue weighted by atomic mass is 32.2. The number of aryl methyl sites for hydroxylation is 1. The quantitative estimate of drug-likeness (QED) is 0.470. The molecule has 0 bridgehead atoms. The van der Waals surface area contributed by atoms with Crippen LogP contribution in [-0.2, 0) is 14.6 Å². The van der Waals surface area contributed by atoms with Crippen LogP contribution in [0.2, 0.25) is 0 Å². The van der Waals surface area contributed by atoms with Crippen LogP contribution in [0.1, 0.15) is 25.1 Å². The molecule has 3 aromatic rings. The normalized spacial score (nSPS) is 12.0. The first-order chi connectivity index (χ1) is 13.9. The van der Waals surface area contributed by atoms with Crippen LogP contribution in [0.4, 0.5) is 5.82 Å². The second kappa shape index (κ2) is 9.36. The Balaban J connectivity index is 1.76. The Kier molecular flexibility index (Phi) is 6.86. The van der Waals surface area contributed by atoms with Gasteiger partial charge in [0.05, 0.1) is 17.6 Å². The van der Waals surface area contributed by atoms with Crippen LogP contribution >= 0.6 is 0 Å². The number of fused-ring (bicyclic) bond motifs is 3. The molecule has 2 aromatic heterocycles. The fraction of sp³-hybridized carbons (Fsp3) is 0.526. The zero-order valence-electron chi connectivity index (χ0n) is 17.0. The van der Waals surface area contributed by atoms with Gasteiger partial charge in [0.2, 0.25) is 5.65 Å². The Morgan fingerprint density at radius 2 is 1.97 bits per heavy atom. The van der Waals surface area contributed by atoms with E-state index in [2.05, 4.69) is 15.5 Å². The Morgan fingerprint density at radius 3 is 2.72 bits per heavy atom. The summed E-state index contributed by atoms with van der Waals surface area (Å²) in [5.74, 6) is 2.37. The third-order valence-electron chi connectivity index (χ3n) is 4.50. The predicted octanol–water partition coefficient (Wildman–Crippen LogP) is 2.24. The molecule has 2 heterocycles. The number of rotatable bonds is 11. The monoisotopic (exact) mass is 421 g/mol. The fourth-order valence-electron chi connectivity index (χ4n) is 3.08. The van der Waals surface area contributed by atoms with Gasteiger partial charge < -0.3 is 14.8 Å². The predicted molar refractivity (Wildman–Crippen MR) is 112 cm³/mol. The average molecular weight is 422 g/mol. The molecule has 10 heteroatoms. The van der Waals surface area contributed by atoms with Crippen molar-refractivity contribution in [1.29, 1.82) is 0 Å². The van der Waals surface area contributed by atoms with Crippen LogP contribution < -0.4 is 10.1 Å². The summed E-state index contributed by atoms with van der Waals surface area (Å²) in [6, 6.07) is 5.73. The maximum atomic E-state index is 11.2. The maximum absolute atomic E-state index is 11.2. The van der Waals surface area contributed by atoms with Crippen molar-refractivity contribution in [2.75, 3.05) is 44.2 Å². The molecule has 0 radical (unpaired) electrons. The Morgan fingerprint density at radius 1 is 1.14 bits per heavy atom. The van der Waals surface area contributed by atoms with Crippen LogP contribution in [0.3, 0.4) is 0 Å². The van der Waals surface area contributed by atoms with Crippen LogP contribution in [-0.4, -0.2) is 66.9 Å². The largest absolute Gasteiger partial charge is 0.491 e. The number of sulfone groups is 1. The topological polar surface area (TPSA) is 108 Å². The lowest BCUT2D eigenvalue weighted by molar-refractivity contribution is 0.146. The average Bonchev–Trinajstić information content (AvgIpc) is 3.06. The van der Waals surface area contributed by atoms with E-state index >= 15 is 0 Å². The third kappa shape index (κ3) is 5.54. The van der Waals surface area contributed by atoms with Gasteiger partial charge >= 0.3 is 0 Å². The van der Waals surface area contributed by atoms with Crippen molar-refractivity contribution in [2.45, 2.75) is 26.2 Å². The van der Waals surface area contributed by atoms with Gasteiger partial charge in [-0.15, -0.1) is 10.2 Å². The minimum atomic E-state index is -2.90. The van der Waals surface area contributed by atoms with E-state index in [1.54, 1.807) is 7.11 Å². The Hall–Kier alpha value is -2.46. The molecule has 0 spiro atoms. The van der Waals surface area contributed by atoms with Gasteiger partial charge in [0, 0.05) is 31.7 Å². The second-order valence-corrected chi connectivity index (χ2v) is 9.24. The van der Waals surface area contributed by atoms with E-state index in [4.69, 9.17) is 14.5 Å². The number of methoxy groups -OCH3 is 1. The van der Waals surface area contributed by atoms with Crippen LogP contribution in [0.5, 0.6) is 5.75 Å². The number of anilines is 1. The molecule has 0 saturated heterocycles. The summed E-state index contributed by atoms with van der Waals surface area (Å²) in [7, 11) is -1.27. The molecule has 0 saturated carbocycles. The van der Waals surface area contributed by atoms with E-state index in [1.807, 2.05) is 29.5 Å². The number of aromatic nitrogens is 4. The van der Waals surface area contributed by atoms with Crippen molar-refractivity contribution in [1.82, 2.24) is 19.6 Å². The van der Waals surface area contributed by atoms with Crippen LogP contribution in [0, 0.1) is 6.92 Å². The molecular weight excluding hydrogens is 394 g/mol. The molecule has 1 N–H and O–H groups in total. The molecule has 0 aliphatic rings. The van der Waals surface area contributed by atoms with Gasteiger partial charge in [-0.05, 0) is 31.9 Å². The SMILES string of the molecule is COCCOc1ccc2c(c1)nc(NCCCCCS(C)(=O)=O)c1nnc(C)n12. The zero-order chi connectivity index (χ0) is 20.9. The number of hydrogen-bond donors (Lipinski definition) is 1. The van der Waals surface area contributed by atoms with E-state index in [1.165, 1.54) is 6.26 Å². The van der Waals surface area contributed by atoms with E-state index in [9.17, 15) is 8.42 Å². The highest BCUT2D eigenvalue weighted by molar-refractivity contribution is 7.90. The molecule has 0 aliphatic heterocycles. The van der Waals surface area contributed by atoms with E-state index in [0.717, 1.165) is 35.4 Å². The lowest BCUT2D eigenvalue weighted by Gasteiger charge is -2.11. The smallest absolute Gasteiger partial charge is 0.204 e. The molecule has 3 rings (SSSR count). The van der Waals surface area contributed by atoms with Crippen LogP contribution in [0.25, 0.3) is 16.7 Å². The number of unbranched alkanes of at least 4 members (excludes halogenated alkanes) is 2. The molecule has 0 unspecified atom stereocenters. The van der Waals surface area contributed by atoms with Gasteiger partial charge in [-0.25, -0.2) is 13.4 Å². The van der Waals surface area contributed by atoms with Crippen molar-refractivity contribution < 1.29 is 17.9 Å². The number of ether oxygens (including phenoxy) is 2. The summed E-state index contributed by atoms with van der Waals surface area (Å²) in [5.41, 5.74) is 2.34. The van der Waals surface area contributed by atoms with Gasteiger partial charge in [0.1, 0.15) is 28.0 Å². The van der Waals surface area contributed by atoms with Crippen molar-refractivity contribution >= 4 is 32.3 Å². The minimum absolute atomic E-state index is 0.223. The van der Waals surface area contributed by atoms with Crippen molar-refractivity contribution in [2.24, 2.45) is 0 Å². The Labute approximate surface area is 170 Å². The first kappa shape index (κ1) is 21.3. The van der Waals surface area contributed by atoms with Crippen LogP contribution in [0.15, 0.2) is 18.2 Å². The molecule has 0 fully saturated rings. The lowest BCUT2D eigenvalue weighted by Crippen LogP contribution is -2.08. The highest BCUT2D eigenvalue weighted by Crippen LogP contribution is 2.25. The second-order valence-electron chi connectivity index (χ2n) is 6.98. The van der Waals surface area contributed by atoms with Crippen molar-refractivity contribution in [3.8, 4) is 5.75 Å². The van der Waals surface area contributed by atoms with E-state index < -0.39 is 9.84 Å². The molecule has 0 atom stereocenters. The van der Waals surface area contributed by atoms with Crippen molar-refractivity contribution in [3.63, 3.8) is 0 Å². The number of benzene rings is 1. The number of hydrogen-bond acceptors (Lipinski definition) is 8. The number of nitrogens with one attached hydrogen (secondary N) is 1. The minimum Gasteiger partial charge on any atom is -0.491 e. The number of nitrogens with zero attached hydrogens (tertiary/aromatic N) is 4. The molecule has 9 nitrogen and oxygen atoms in total. The summed E-state index contributed by atoms with van der Waals surface area (Å²) < 4.78 is 35.1. The summed E-state index contributed by atoms with van der Waals surface area (Å²) >= 11 is 0. The fourth-order valence-corrected chi connectivity index (χ4v) is 3.81. The molecule has 0 amide bonds. The van der Waals surface area contributed by atoms with E-state index in [0.29, 0.717) is 37.6 Å². The zero-order valence-corrected chi connectivity index (χ0v) is 17.8. The summed E-state index contributed by atoms with van der Waals surface area (Å²) in [6.07, 6.45) is 3.59. The molecule has 158 valence electrons. The van der Waals surface area contributed by atoms with E-state index in [-0.39, 0.29) is 5.75 Å². The van der Waals surface area contributed by atoms with Gasteiger partial charge in [0.25, 0.3) is 0 Å². The molecular formula is C19H27N5O4S. The highest BCUT2D eigenvalue weighted by Gasteiger charge is 2.13. The van der Waals surface area contributed by atoms with Crippen molar-refractivity contribution in [3.05, 3.63) is 24.0 Å². The standard InChI is InChI=1S/C19H27N5O4S/c1-14-22-23-19-18(20-9-5-4-6-12-29(3,25)26)21-16-13-15(28-11-10-27-2)7-8-17(16)24(14)19/h7-8,13H,4-6,9-12H2,1-3H3,(H,20,21). The lowest BCUT2D eigenvalue weighted by atomic mass is 10.2. The summed E-state index contributed by atoms with van der Waals surface area (Å²) in [4.78, 5) is 4.72. The van der Waals surface area contributed by atoms with Gasteiger partial charge in [-0.1, -0.05) is 6.42 Å². The molecule has 1 aromatic carbocycles. The summed E-state index contributed by atoms with van der Waals surface area (Å²) in [5, 5.41) is 11.8. The third-order valence-corrected chi connectivity index (χ3v) is 5.53. The molecule has 29 heavy (non-hydrogen) atoms. The van der Waals surface area contributed by atoms with Gasteiger partial charge in [-0.3, -0.25) is 4.40 Å².